The van der Waals surface area contributed by atoms with Gasteiger partial charge in [0.15, 0.2) is 9.84 Å². The zero-order valence-electron chi connectivity index (χ0n) is 12.5. The van der Waals surface area contributed by atoms with E-state index >= 15 is 0 Å². The summed E-state index contributed by atoms with van der Waals surface area (Å²) in [6.45, 7) is 11.1. The predicted molar refractivity (Wildman–Crippen MR) is 77.5 cm³/mol. The maximum Gasteiger partial charge on any atom is 0.152 e. The zero-order valence-corrected chi connectivity index (χ0v) is 13.3. The van der Waals surface area contributed by atoms with Crippen LogP contribution in [0.4, 0.5) is 0 Å². The molecule has 18 heavy (non-hydrogen) atoms. The molecule has 0 aliphatic heterocycles. The van der Waals surface area contributed by atoms with Gasteiger partial charge in [0.2, 0.25) is 0 Å². The Kier molecular flexibility index (Phi) is 5.24. The van der Waals surface area contributed by atoms with E-state index in [0.717, 1.165) is 13.0 Å². The van der Waals surface area contributed by atoms with Crippen LogP contribution < -0.4 is 5.32 Å². The van der Waals surface area contributed by atoms with Crippen molar-refractivity contribution >= 4 is 9.84 Å². The second-order valence-electron chi connectivity index (χ2n) is 6.93. The third-order valence-corrected chi connectivity index (χ3v) is 6.20. The van der Waals surface area contributed by atoms with Gasteiger partial charge in [-0.3, -0.25) is 0 Å². The van der Waals surface area contributed by atoms with Crippen molar-refractivity contribution in [2.24, 2.45) is 11.8 Å². The highest BCUT2D eigenvalue weighted by atomic mass is 32.2. The molecular weight excluding hydrogens is 246 g/mol. The quantitative estimate of drug-likeness (QED) is 0.810. The van der Waals surface area contributed by atoms with Gasteiger partial charge < -0.3 is 5.32 Å². The third-order valence-electron chi connectivity index (χ3n) is 3.96. The zero-order chi connectivity index (χ0) is 14.0. The van der Waals surface area contributed by atoms with Crippen molar-refractivity contribution < 1.29 is 8.42 Å². The van der Waals surface area contributed by atoms with E-state index in [9.17, 15) is 8.42 Å². The second-order valence-corrected chi connectivity index (χ2v) is 9.61. The minimum Gasteiger partial charge on any atom is -0.312 e. The van der Waals surface area contributed by atoms with Gasteiger partial charge in [0.25, 0.3) is 0 Å². The summed E-state index contributed by atoms with van der Waals surface area (Å²) >= 11 is 0. The Bertz CT molecular complexity index is 354. The Morgan fingerprint density at radius 1 is 1.17 bits per heavy atom. The van der Waals surface area contributed by atoms with E-state index in [1.54, 1.807) is 13.8 Å². The monoisotopic (exact) mass is 275 g/mol. The molecular formula is C14H29NO2S. The highest BCUT2D eigenvalue weighted by Gasteiger charge is 2.32. The maximum absolute atomic E-state index is 11.8. The van der Waals surface area contributed by atoms with Crippen LogP contribution in [0.25, 0.3) is 0 Å². The smallest absolute Gasteiger partial charge is 0.152 e. The summed E-state index contributed by atoms with van der Waals surface area (Å²) in [6.07, 6.45) is 3.29. The summed E-state index contributed by atoms with van der Waals surface area (Å²) in [4.78, 5) is 0. The lowest BCUT2D eigenvalue weighted by molar-refractivity contribution is 0.156. The molecule has 0 aromatic rings. The van der Waals surface area contributed by atoms with E-state index in [4.69, 9.17) is 0 Å². The van der Waals surface area contributed by atoms with Gasteiger partial charge in [-0.05, 0) is 72.3 Å². The fourth-order valence-corrected chi connectivity index (χ4v) is 3.38. The molecule has 1 saturated carbocycles. The van der Waals surface area contributed by atoms with E-state index in [1.165, 1.54) is 12.8 Å². The van der Waals surface area contributed by atoms with E-state index in [2.05, 4.69) is 26.1 Å². The third kappa shape index (κ3) is 4.88. The molecule has 4 heteroatoms. The Morgan fingerprint density at radius 2 is 1.72 bits per heavy atom. The summed E-state index contributed by atoms with van der Waals surface area (Å²) in [6, 6.07) is 0. The summed E-state index contributed by atoms with van der Waals surface area (Å²) in [5.74, 6) is 1.64. The van der Waals surface area contributed by atoms with Crippen LogP contribution in [-0.4, -0.2) is 31.5 Å². The molecule has 0 aromatic heterocycles. The highest BCUT2D eigenvalue weighted by molar-refractivity contribution is 7.91. The molecule has 0 amide bonds. The second kappa shape index (κ2) is 5.91. The molecule has 1 aliphatic rings. The molecule has 1 aliphatic carbocycles. The van der Waals surface area contributed by atoms with Gasteiger partial charge in [-0.2, -0.15) is 0 Å². The van der Waals surface area contributed by atoms with Gasteiger partial charge in [0.05, 0.1) is 11.0 Å². The number of sulfone groups is 1. The van der Waals surface area contributed by atoms with Crippen LogP contribution >= 0.6 is 0 Å². The lowest BCUT2D eigenvalue weighted by Gasteiger charge is -2.39. The lowest BCUT2D eigenvalue weighted by atomic mass is 9.72. The van der Waals surface area contributed by atoms with Gasteiger partial charge in [-0.1, -0.05) is 0 Å². The van der Waals surface area contributed by atoms with E-state index in [1.807, 2.05) is 0 Å². The first-order valence-corrected chi connectivity index (χ1v) is 8.80. The average Bonchev–Trinajstić information content (AvgIpc) is 2.13. The van der Waals surface area contributed by atoms with Crippen LogP contribution in [0.3, 0.4) is 0 Å². The van der Waals surface area contributed by atoms with Crippen molar-refractivity contribution in [1.82, 2.24) is 5.32 Å². The Labute approximate surface area is 113 Å². The Hall–Kier alpha value is -0.0900. The first-order valence-electron chi connectivity index (χ1n) is 7.08. The van der Waals surface area contributed by atoms with Crippen molar-refractivity contribution in [1.29, 1.82) is 0 Å². The summed E-state index contributed by atoms with van der Waals surface area (Å²) in [5, 5.41) is 3.29. The van der Waals surface area contributed by atoms with Gasteiger partial charge in [-0.15, -0.1) is 0 Å². The van der Waals surface area contributed by atoms with E-state index in [-0.39, 0.29) is 10.8 Å². The molecule has 0 spiro atoms. The van der Waals surface area contributed by atoms with Gasteiger partial charge in [-0.25, -0.2) is 8.42 Å². The Morgan fingerprint density at radius 3 is 2.11 bits per heavy atom. The van der Waals surface area contributed by atoms with Gasteiger partial charge in [0.1, 0.15) is 0 Å². The fourth-order valence-electron chi connectivity index (χ4n) is 2.28. The van der Waals surface area contributed by atoms with Crippen molar-refractivity contribution in [3.63, 3.8) is 0 Å². The molecule has 0 radical (unpaired) electrons. The van der Waals surface area contributed by atoms with E-state index in [0.29, 0.717) is 17.6 Å². The average molecular weight is 275 g/mol. The number of rotatable bonds is 6. The number of hydrogen-bond donors (Lipinski definition) is 1. The van der Waals surface area contributed by atoms with Crippen LogP contribution in [0.2, 0.25) is 0 Å². The fraction of sp³-hybridized carbons (Fsp3) is 1.00. The minimum atomic E-state index is -2.86. The molecule has 1 N–H and O–H groups in total. The molecule has 2 atom stereocenters. The molecule has 0 heterocycles. The highest BCUT2D eigenvalue weighted by Crippen LogP contribution is 2.37. The van der Waals surface area contributed by atoms with Crippen molar-refractivity contribution in [3.05, 3.63) is 0 Å². The van der Waals surface area contributed by atoms with E-state index < -0.39 is 9.84 Å². The van der Waals surface area contributed by atoms with Gasteiger partial charge in [0, 0.05) is 5.54 Å². The Balaban J connectivity index is 2.32. The first-order chi connectivity index (χ1) is 8.12. The molecule has 1 fully saturated rings. The lowest BCUT2D eigenvalue weighted by Crippen LogP contribution is -2.44. The van der Waals surface area contributed by atoms with Crippen LogP contribution in [0.1, 0.15) is 53.9 Å². The summed E-state index contributed by atoms with van der Waals surface area (Å²) < 4.78 is 23.6. The first kappa shape index (κ1) is 16.0. The summed E-state index contributed by atoms with van der Waals surface area (Å²) in [5.41, 5.74) is 0.157. The minimum absolute atomic E-state index is 0.157. The molecule has 0 saturated heterocycles. The van der Waals surface area contributed by atoms with Crippen molar-refractivity contribution in [2.75, 3.05) is 12.3 Å². The maximum atomic E-state index is 11.8. The number of hydrogen-bond acceptors (Lipinski definition) is 3. The summed E-state index contributed by atoms with van der Waals surface area (Å²) in [7, 11) is -2.86. The molecule has 0 bridgehead atoms. The van der Waals surface area contributed by atoms with Crippen LogP contribution in [0.5, 0.6) is 0 Å². The largest absolute Gasteiger partial charge is 0.312 e. The van der Waals surface area contributed by atoms with Crippen molar-refractivity contribution in [2.45, 2.75) is 64.7 Å². The van der Waals surface area contributed by atoms with Crippen LogP contribution in [-0.2, 0) is 9.84 Å². The van der Waals surface area contributed by atoms with Gasteiger partial charge >= 0.3 is 0 Å². The molecule has 2 unspecified atom stereocenters. The van der Waals surface area contributed by atoms with Crippen LogP contribution in [0.15, 0.2) is 0 Å². The number of nitrogens with one attached hydrogen (secondary N) is 1. The topological polar surface area (TPSA) is 46.2 Å². The van der Waals surface area contributed by atoms with Crippen LogP contribution in [0, 0.1) is 11.8 Å². The standard InChI is InChI=1S/C14H29NO2S/c1-11(2)18(16,17)9-8-12-6-7-13(12)10-15-14(3,4)5/h11-13,15H,6-10H2,1-5H3. The molecule has 1 rings (SSSR count). The predicted octanol–water partition coefficient (Wildman–Crippen LogP) is 2.61. The van der Waals surface area contributed by atoms with Crippen molar-refractivity contribution in [3.8, 4) is 0 Å². The molecule has 108 valence electrons. The molecule has 3 nitrogen and oxygen atoms in total. The SMILES string of the molecule is CC(C)S(=O)(=O)CCC1CCC1CNC(C)(C)C. The normalized spacial score (nSPS) is 25.2. The molecule has 0 aromatic carbocycles.